The Bertz CT molecular complexity index is 860. The van der Waals surface area contributed by atoms with E-state index in [9.17, 15) is 14.0 Å². The summed E-state index contributed by atoms with van der Waals surface area (Å²) in [6.45, 7) is 3.50. The van der Waals surface area contributed by atoms with E-state index < -0.39 is 6.04 Å². The van der Waals surface area contributed by atoms with Gasteiger partial charge in [-0.2, -0.15) is 0 Å². The quantitative estimate of drug-likeness (QED) is 0.627. The summed E-state index contributed by atoms with van der Waals surface area (Å²) in [5.41, 5.74) is 0.886. The molecule has 2 aromatic rings. The van der Waals surface area contributed by atoms with Crippen molar-refractivity contribution in [2.45, 2.75) is 19.5 Å². The zero-order valence-corrected chi connectivity index (χ0v) is 17.5. The molecule has 0 saturated carbocycles. The van der Waals surface area contributed by atoms with Crippen LogP contribution < -0.4 is 4.74 Å². The maximum atomic E-state index is 13.2. The first-order valence-corrected chi connectivity index (χ1v) is 10.2. The number of amides is 1. The average Bonchev–Trinajstić information content (AvgIpc) is 2.75. The Morgan fingerprint density at radius 2 is 1.80 bits per heavy atom. The largest absolute Gasteiger partial charge is 0.484 e. The second-order valence-electron chi connectivity index (χ2n) is 6.95. The van der Waals surface area contributed by atoms with Crippen LogP contribution in [0.3, 0.4) is 0 Å². The van der Waals surface area contributed by atoms with Gasteiger partial charge in [-0.3, -0.25) is 14.5 Å². The number of ether oxygens (including phenoxy) is 2. The molecular weight excluding hydrogens is 411 g/mol. The molecule has 30 heavy (non-hydrogen) atoms. The van der Waals surface area contributed by atoms with Gasteiger partial charge in [-0.15, -0.1) is 0 Å². The predicted molar refractivity (Wildman–Crippen MR) is 111 cm³/mol. The van der Waals surface area contributed by atoms with E-state index in [0.29, 0.717) is 30.4 Å². The highest BCUT2D eigenvalue weighted by Gasteiger charge is 2.35. The lowest BCUT2D eigenvalue weighted by Gasteiger charge is -2.40. The smallest absolute Gasteiger partial charge is 0.325 e. The molecule has 1 saturated heterocycles. The van der Waals surface area contributed by atoms with Gasteiger partial charge in [-0.05, 0) is 48.9 Å². The second kappa shape index (κ2) is 10.4. The summed E-state index contributed by atoms with van der Waals surface area (Å²) in [6.07, 6.45) is 0. The van der Waals surface area contributed by atoms with Crippen LogP contribution in [0, 0.1) is 5.82 Å². The number of carbonyl (C=O) groups excluding carboxylic acids is 2. The topological polar surface area (TPSA) is 59.1 Å². The van der Waals surface area contributed by atoms with Crippen molar-refractivity contribution >= 4 is 23.5 Å². The summed E-state index contributed by atoms with van der Waals surface area (Å²) in [6, 6.07) is 12.3. The number of benzene rings is 2. The molecule has 1 aliphatic rings. The highest BCUT2D eigenvalue weighted by molar-refractivity contribution is 6.30. The molecule has 1 fully saturated rings. The van der Waals surface area contributed by atoms with Crippen LogP contribution in [0.1, 0.15) is 12.5 Å². The van der Waals surface area contributed by atoms with Gasteiger partial charge in [-0.25, -0.2) is 4.39 Å². The Kier molecular flexibility index (Phi) is 7.65. The zero-order valence-electron chi connectivity index (χ0n) is 16.7. The number of halogens is 2. The fraction of sp³-hybridized carbons (Fsp3) is 0.364. The third-order valence-electron chi connectivity index (χ3n) is 4.88. The highest BCUT2D eigenvalue weighted by atomic mass is 35.5. The number of nitrogens with zero attached hydrogens (tertiary/aromatic N) is 2. The van der Waals surface area contributed by atoms with Crippen LogP contribution in [0.4, 0.5) is 4.39 Å². The Morgan fingerprint density at radius 1 is 1.10 bits per heavy atom. The molecular formula is C22H24ClFN2O4. The number of hydrogen-bond acceptors (Lipinski definition) is 5. The van der Waals surface area contributed by atoms with E-state index in [2.05, 4.69) is 0 Å². The second-order valence-corrected chi connectivity index (χ2v) is 7.38. The molecule has 1 atom stereocenters. The summed E-state index contributed by atoms with van der Waals surface area (Å²) in [4.78, 5) is 28.7. The monoisotopic (exact) mass is 434 g/mol. The third kappa shape index (κ3) is 5.93. The normalized spacial score (nSPS) is 16.9. The standard InChI is InChI=1S/C22H24ClFN2O4/c1-2-29-22(28)20-14-26(21(27)15-30-19-9-5-17(23)6-10-19)12-11-25(20)13-16-3-7-18(24)8-4-16/h3-10,20H,2,11-15H2,1H3. The lowest BCUT2D eigenvalue weighted by molar-refractivity contribution is -0.154. The van der Waals surface area contributed by atoms with Crippen LogP contribution >= 0.6 is 11.6 Å². The molecule has 0 bridgehead atoms. The Balaban J connectivity index is 1.62. The van der Waals surface area contributed by atoms with Gasteiger partial charge >= 0.3 is 5.97 Å². The van der Waals surface area contributed by atoms with Crippen molar-refractivity contribution in [1.29, 1.82) is 0 Å². The number of hydrogen-bond donors (Lipinski definition) is 0. The molecule has 1 heterocycles. The predicted octanol–water partition coefficient (Wildman–Crippen LogP) is 3.13. The highest BCUT2D eigenvalue weighted by Crippen LogP contribution is 2.18. The van der Waals surface area contributed by atoms with Crippen LogP contribution in [-0.2, 0) is 20.9 Å². The minimum Gasteiger partial charge on any atom is -0.484 e. The maximum Gasteiger partial charge on any atom is 0.325 e. The van der Waals surface area contributed by atoms with Crippen LogP contribution in [0.2, 0.25) is 5.02 Å². The van der Waals surface area contributed by atoms with Crippen molar-refractivity contribution in [3.05, 3.63) is 64.9 Å². The first-order chi connectivity index (χ1) is 14.5. The molecule has 1 unspecified atom stereocenters. The van der Waals surface area contributed by atoms with Crippen molar-refractivity contribution in [2.75, 3.05) is 32.8 Å². The van der Waals surface area contributed by atoms with Gasteiger partial charge < -0.3 is 14.4 Å². The van der Waals surface area contributed by atoms with E-state index in [1.54, 1.807) is 48.2 Å². The summed E-state index contributed by atoms with van der Waals surface area (Å²) in [5, 5.41) is 0.586. The van der Waals surface area contributed by atoms with Gasteiger partial charge in [0.2, 0.25) is 0 Å². The summed E-state index contributed by atoms with van der Waals surface area (Å²) in [5.74, 6) is -0.349. The molecule has 8 heteroatoms. The molecule has 1 amide bonds. The van der Waals surface area contributed by atoms with Crippen LogP contribution in [0.25, 0.3) is 0 Å². The molecule has 6 nitrogen and oxygen atoms in total. The third-order valence-corrected chi connectivity index (χ3v) is 5.13. The van der Waals surface area contributed by atoms with Gasteiger partial charge in [0, 0.05) is 31.2 Å². The zero-order chi connectivity index (χ0) is 21.5. The van der Waals surface area contributed by atoms with Gasteiger partial charge in [0.05, 0.1) is 6.61 Å². The molecule has 2 aromatic carbocycles. The number of piperazine rings is 1. The first-order valence-electron chi connectivity index (χ1n) is 9.77. The average molecular weight is 435 g/mol. The Hall–Kier alpha value is -2.64. The molecule has 1 aliphatic heterocycles. The van der Waals surface area contributed by atoms with Crippen molar-refractivity contribution in [3.63, 3.8) is 0 Å². The number of carbonyl (C=O) groups is 2. The van der Waals surface area contributed by atoms with E-state index >= 15 is 0 Å². The fourth-order valence-electron chi connectivity index (χ4n) is 3.29. The van der Waals surface area contributed by atoms with Crippen molar-refractivity contribution < 1.29 is 23.5 Å². The van der Waals surface area contributed by atoms with Gasteiger partial charge in [0.25, 0.3) is 5.91 Å². The molecule has 0 N–H and O–H groups in total. The molecule has 160 valence electrons. The van der Waals surface area contributed by atoms with E-state index in [4.69, 9.17) is 21.1 Å². The molecule has 0 radical (unpaired) electrons. The van der Waals surface area contributed by atoms with E-state index in [-0.39, 0.29) is 37.5 Å². The lowest BCUT2D eigenvalue weighted by atomic mass is 10.1. The first kappa shape index (κ1) is 22.1. The minimum atomic E-state index is -0.594. The van der Waals surface area contributed by atoms with E-state index in [1.807, 2.05) is 4.90 Å². The van der Waals surface area contributed by atoms with E-state index in [0.717, 1.165) is 5.56 Å². The summed E-state index contributed by atoms with van der Waals surface area (Å²) in [7, 11) is 0. The molecule has 0 aromatic heterocycles. The molecule has 0 spiro atoms. The Morgan fingerprint density at radius 3 is 2.47 bits per heavy atom. The molecule has 3 rings (SSSR count). The lowest BCUT2D eigenvalue weighted by Crippen LogP contribution is -2.58. The summed E-state index contributed by atoms with van der Waals surface area (Å²) < 4.78 is 23.9. The van der Waals surface area contributed by atoms with Crippen LogP contribution in [-0.4, -0.2) is 60.6 Å². The summed E-state index contributed by atoms with van der Waals surface area (Å²) >= 11 is 5.85. The van der Waals surface area contributed by atoms with Gasteiger partial charge in [0.1, 0.15) is 17.6 Å². The van der Waals surface area contributed by atoms with Crippen LogP contribution in [0.15, 0.2) is 48.5 Å². The number of rotatable bonds is 7. The minimum absolute atomic E-state index is 0.130. The fourth-order valence-corrected chi connectivity index (χ4v) is 3.42. The van der Waals surface area contributed by atoms with Crippen molar-refractivity contribution in [2.24, 2.45) is 0 Å². The Labute approximate surface area is 180 Å². The van der Waals surface area contributed by atoms with Gasteiger partial charge in [0.15, 0.2) is 6.61 Å². The number of esters is 1. The van der Waals surface area contributed by atoms with E-state index in [1.165, 1.54) is 12.1 Å². The molecule has 0 aliphatic carbocycles. The van der Waals surface area contributed by atoms with Crippen molar-refractivity contribution in [3.8, 4) is 5.75 Å². The SMILES string of the molecule is CCOC(=O)C1CN(C(=O)COc2ccc(Cl)cc2)CCN1Cc1ccc(F)cc1. The van der Waals surface area contributed by atoms with Crippen LogP contribution in [0.5, 0.6) is 5.75 Å². The van der Waals surface area contributed by atoms with Crippen molar-refractivity contribution in [1.82, 2.24) is 9.80 Å². The van der Waals surface area contributed by atoms with Gasteiger partial charge in [-0.1, -0.05) is 23.7 Å². The maximum absolute atomic E-state index is 13.2.